The standard InChI is InChI=1S/C16H25N3O2/c1-12-5-4-8-16(10-12,11-17)19-15(20)18-13-6-3-7-14(9-13)21-2/h3,6-7,9,12H,4-5,8,10-11,17H2,1-2H3,(H2,18,19,20). The van der Waals surface area contributed by atoms with E-state index >= 15 is 0 Å². The first-order valence-corrected chi connectivity index (χ1v) is 7.50. The highest BCUT2D eigenvalue weighted by Gasteiger charge is 2.35. The summed E-state index contributed by atoms with van der Waals surface area (Å²) in [6.45, 7) is 2.69. The smallest absolute Gasteiger partial charge is 0.319 e. The van der Waals surface area contributed by atoms with Crippen molar-refractivity contribution in [3.63, 3.8) is 0 Å². The Bertz CT molecular complexity index is 492. The second-order valence-corrected chi connectivity index (χ2v) is 6.00. The van der Waals surface area contributed by atoms with Gasteiger partial charge in [-0.2, -0.15) is 0 Å². The molecule has 0 radical (unpaired) electrons. The minimum atomic E-state index is -0.277. The van der Waals surface area contributed by atoms with Crippen LogP contribution in [0.1, 0.15) is 32.6 Å². The van der Waals surface area contributed by atoms with Gasteiger partial charge in [-0.3, -0.25) is 0 Å². The first kappa shape index (κ1) is 15.6. The third-order valence-electron chi connectivity index (χ3n) is 4.19. The number of carbonyl (C=O) groups is 1. The molecule has 21 heavy (non-hydrogen) atoms. The van der Waals surface area contributed by atoms with Crippen molar-refractivity contribution in [3.8, 4) is 5.75 Å². The number of carbonyl (C=O) groups excluding carboxylic acids is 1. The van der Waals surface area contributed by atoms with Crippen LogP contribution in [0, 0.1) is 5.92 Å². The van der Waals surface area contributed by atoms with Gasteiger partial charge in [-0.05, 0) is 30.9 Å². The van der Waals surface area contributed by atoms with E-state index < -0.39 is 0 Å². The molecule has 0 aliphatic heterocycles. The lowest BCUT2D eigenvalue weighted by Gasteiger charge is -2.39. The van der Waals surface area contributed by atoms with E-state index in [-0.39, 0.29) is 11.6 Å². The molecule has 116 valence electrons. The number of rotatable bonds is 4. The predicted octanol–water partition coefficient (Wildman–Crippen LogP) is 2.72. The zero-order valence-electron chi connectivity index (χ0n) is 12.8. The van der Waals surface area contributed by atoms with Crippen molar-refractivity contribution in [2.24, 2.45) is 11.7 Å². The number of ether oxygens (including phenoxy) is 1. The van der Waals surface area contributed by atoms with Crippen LogP contribution in [0.5, 0.6) is 5.75 Å². The van der Waals surface area contributed by atoms with Gasteiger partial charge in [0, 0.05) is 18.3 Å². The Balaban J connectivity index is 1.99. The zero-order valence-corrected chi connectivity index (χ0v) is 12.8. The Morgan fingerprint density at radius 2 is 2.33 bits per heavy atom. The number of anilines is 1. The number of hydrogen-bond donors (Lipinski definition) is 3. The lowest BCUT2D eigenvalue weighted by molar-refractivity contribution is 0.191. The van der Waals surface area contributed by atoms with E-state index in [2.05, 4.69) is 17.6 Å². The fourth-order valence-corrected chi connectivity index (χ4v) is 3.11. The van der Waals surface area contributed by atoms with Crippen molar-refractivity contribution in [3.05, 3.63) is 24.3 Å². The summed E-state index contributed by atoms with van der Waals surface area (Å²) in [7, 11) is 1.60. The highest BCUT2D eigenvalue weighted by Crippen LogP contribution is 2.31. The second-order valence-electron chi connectivity index (χ2n) is 6.00. The molecule has 2 unspecified atom stereocenters. The molecular formula is C16H25N3O2. The van der Waals surface area contributed by atoms with E-state index in [1.807, 2.05) is 18.2 Å². The summed E-state index contributed by atoms with van der Waals surface area (Å²) >= 11 is 0. The van der Waals surface area contributed by atoms with Gasteiger partial charge in [-0.15, -0.1) is 0 Å². The number of hydrogen-bond acceptors (Lipinski definition) is 3. The zero-order chi connectivity index (χ0) is 15.3. The molecule has 2 atom stereocenters. The maximum absolute atomic E-state index is 12.2. The fourth-order valence-electron chi connectivity index (χ4n) is 3.11. The lowest BCUT2D eigenvalue weighted by atomic mass is 9.76. The van der Waals surface area contributed by atoms with Crippen LogP contribution >= 0.6 is 0 Å². The van der Waals surface area contributed by atoms with Gasteiger partial charge in [-0.25, -0.2) is 4.79 Å². The van der Waals surface area contributed by atoms with E-state index in [4.69, 9.17) is 10.5 Å². The van der Waals surface area contributed by atoms with Gasteiger partial charge < -0.3 is 21.1 Å². The van der Waals surface area contributed by atoms with Crippen LogP contribution in [0.25, 0.3) is 0 Å². The summed E-state index contributed by atoms with van der Waals surface area (Å²) in [5.74, 6) is 1.31. The van der Waals surface area contributed by atoms with E-state index in [9.17, 15) is 4.79 Å². The van der Waals surface area contributed by atoms with Crippen molar-refractivity contribution in [1.29, 1.82) is 0 Å². The predicted molar refractivity (Wildman–Crippen MR) is 84.6 cm³/mol. The van der Waals surface area contributed by atoms with E-state index in [0.717, 1.165) is 19.3 Å². The summed E-state index contributed by atoms with van der Waals surface area (Å²) in [4.78, 5) is 12.2. The monoisotopic (exact) mass is 291 g/mol. The highest BCUT2D eigenvalue weighted by molar-refractivity contribution is 5.90. The van der Waals surface area contributed by atoms with Gasteiger partial charge in [0.2, 0.25) is 0 Å². The molecule has 5 nitrogen and oxygen atoms in total. The number of methoxy groups -OCH3 is 1. The molecule has 1 aliphatic carbocycles. The number of nitrogens with two attached hydrogens (primary N) is 1. The van der Waals surface area contributed by atoms with Crippen LogP contribution in [0.15, 0.2) is 24.3 Å². The summed E-state index contributed by atoms with van der Waals surface area (Å²) in [5, 5.41) is 5.93. The van der Waals surface area contributed by atoms with Crippen molar-refractivity contribution in [1.82, 2.24) is 5.32 Å². The topological polar surface area (TPSA) is 76.4 Å². The molecule has 1 aromatic rings. The van der Waals surface area contributed by atoms with Gasteiger partial charge in [-0.1, -0.05) is 25.8 Å². The molecule has 0 aromatic heterocycles. The number of amides is 2. The van der Waals surface area contributed by atoms with Gasteiger partial charge in [0.15, 0.2) is 0 Å². The molecular weight excluding hydrogens is 266 g/mol. The maximum atomic E-state index is 12.2. The summed E-state index contributed by atoms with van der Waals surface area (Å²) < 4.78 is 5.15. The Morgan fingerprint density at radius 3 is 3.00 bits per heavy atom. The number of nitrogens with one attached hydrogen (secondary N) is 2. The van der Waals surface area contributed by atoms with Crippen molar-refractivity contribution in [2.75, 3.05) is 19.0 Å². The summed E-state index contributed by atoms with van der Waals surface area (Å²) in [6, 6.07) is 7.10. The third-order valence-corrected chi connectivity index (χ3v) is 4.19. The summed E-state index contributed by atoms with van der Waals surface area (Å²) in [5.41, 5.74) is 6.36. The van der Waals surface area contributed by atoms with Crippen LogP contribution in [-0.2, 0) is 0 Å². The quantitative estimate of drug-likeness (QED) is 0.798. The second kappa shape index (κ2) is 6.80. The molecule has 1 saturated carbocycles. The molecule has 1 aliphatic rings. The molecule has 0 saturated heterocycles. The maximum Gasteiger partial charge on any atom is 0.319 e. The van der Waals surface area contributed by atoms with Crippen LogP contribution in [0.4, 0.5) is 10.5 Å². The Kier molecular flexibility index (Phi) is 5.07. The van der Waals surface area contributed by atoms with Gasteiger partial charge >= 0.3 is 6.03 Å². The van der Waals surface area contributed by atoms with Gasteiger partial charge in [0.25, 0.3) is 0 Å². The Morgan fingerprint density at radius 1 is 1.52 bits per heavy atom. The number of benzene rings is 1. The van der Waals surface area contributed by atoms with Crippen LogP contribution in [0.2, 0.25) is 0 Å². The molecule has 0 spiro atoms. The van der Waals surface area contributed by atoms with E-state index in [1.54, 1.807) is 13.2 Å². The third kappa shape index (κ3) is 4.11. The molecule has 5 heteroatoms. The van der Waals surface area contributed by atoms with E-state index in [0.29, 0.717) is 23.9 Å². The van der Waals surface area contributed by atoms with E-state index in [1.165, 1.54) is 6.42 Å². The van der Waals surface area contributed by atoms with Crippen molar-refractivity contribution >= 4 is 11.7 Å². The van der Waals surface area contributed by atoms with Gasteiger partial charge in [0.1, 0.15) is 5.75 Å². The lowest BCUT2D eigenvalue weighted by Crippen LogP contribution is -2.57. The average molecular weight is 291 g/mol. The van der Waals surface area contributed by atoms with Crippen molar-refractivity contribution < 1.29 is 9.53 Å². The molecule has 2 amide bonds. The Hall–Kier alpha value is -1.75. The first-order valence-electron chi connectivity index (χ1n) is 7.50. The molecule has 0 bridgehead atoms. The molecule has 1 aromatic carbocycles. The fraction of sp³-hybridized carbons (Fsp3) is 0.562. The molecule has 4 N–H and O–H groups in total. The van der Waals surface area contributed by atoms with Crippen LogP contribution < -0.4 is 21.1 Å². The molecule has 2 rings (SSSR count). The average Bonchev–Trinajstić information content (AvgIpc) is 2.47. The van der Waals surface area contributed by atoms with Crippen LogP contribution in [-0.4, -0.2) is 25.2 Å². The largest absolute Gasteiger partial charge is 0.497 e. The SMILES string of the molecule is COc1cccc(NC(=O)NC2(CN)CCCC(C)C2)c1. The minimum Gasteiger partial charge on any atom is -0.497 e. The normalized spacial score (nSPS) is 25.2. The van der Waals surface area contributed by atoms with Gasteiger partial charge in [0.05, 0.1) is 12.6 Å². The molecule has 0 heterocycles. The molecule has 1 fully saturated rings. The summed E-state index contributed by atoms with van der Waals surface area (Å²) in [6.07, 6.45) is 4.20. The minimum absolute atomic E-state index is 0.206. The van der Waals surface area contributed by atoms with Crippen LogP contribution in [0.3, 0.4) is 0 Å². The first-order chi connectivity index (χ1) is 10.1. The number of urea groups is 1. The Labute approximate surface area is 126 Å². The van der Waals surface area contributed by atoms with Crippen molar-refractivity contribution in [2.45, 2.75) is 38.1 Å². The highest BCUT2D eigenvalue weighted by atomic mass is 16.5.